The molecule has 6 nitrogen and oxygen atoms in total. The first-order valence-electron chi connectivity index (χ1n) is 7.34. The van der Waals surface area contributed by atoms with Gasteiger partial charge in [-0.2, -0.15) is 5.10 Å². The van der Waals surface area contributed by atoms with Crippen molar-refractivity contribution in [3.8, 4) is 11.5 Å². The van der Waals surface area contributed by atoms with Crippen molar-refractivity contribution < 1.29 is 14.3 Å². The van der Waals surface area contributed by atoms with Crippen LogP contribution >= 0.6 is 15.9 Å². The molecule has 0 saturated carbocycles. The number of aryl methyl sites for hydroxylation is 1. The summed E-state index contributed by atoms with van der Waals surface area (Å²) in [6.07, 6.45) is 1.55. The second-order valence-corrected chi connectivity index (χ2v) is 6.04. The first-order chi connectivity index (χ1) is 11.6. The van der Waals surface area contributed by atoms with Gasteiger partial charge in [-0.05, 0) is 46.6 Å². The molecule has 7 heteroatoms. The second kappa shape index (κ2) is 7.35. The highest BCUT2D eigenvalue weighted by Gasteiger charge is 2.15. The number of para-hydroxylation sites is 1. The fourth-order valence-electron chi connectivity index (χ4n) is 2.19. The molecule has 0 unspecified atom stereocenters. The number of halogens is 1. The van der Waals surface area contributed by atoms with Gasteiger partial charge < -0.3 is 14.8 Å². The van der Waals surface area contributed by atoms with Crippen molar-refractivity contribution in [2.24, 2.45) is 5.10 Å². The van der Waals surface area contributed by atoms with Gasteiger partial charge >= 0.3 is 0 Å². The third kappa shape index (κ3) is 3.86. The lowest BCUT2D eigenvalue weighted by Gasteiger charge is -2.07. The van der Waals surface area contributed by atoms with E-state index in [1.54, 1.807) is 12.3 Å². The maximum atomic E-state index is 11.8. The van der Waals surface area contributed by atoms with Crippen molar-refractivity contribution in [1.82, 2.24) is 5.43 Å². The van der Waals surface area contributed by atoms with Gasteiger partial charge in [0.25, 0.3) is 5.91 Å². The van der Waals surface area contributed by atoms with Crippen LogP contribution in [0.15, 0.2) is 46.0 Å². The number of ether oxygens (including phenoxy) is 2. The van der Waals surface area contributed by atoms with E-state index >= 15 is 0 Å². The molecule has 2 aromatic carbocycles. The molecule has 3 rings (SSSR count). The normalized spacial score (nSPS) is 12.4. The SMILES string of the molecule is Cc1ccccc1NCC(=O)N/N=C\c1cc2c(cc1Br)OCO2. The van der Waals surface area contributed by atoms with Crippen LogP contribution in [0.2, 0.25) is 0 Å². The van der Waals surface area contributed by atoms with E-state index in [-0.39, 0.29) is 19.2 Å². The summed E-state index contributed by atoms with van der Waals surface area (Å²) < 4.78 is 11.4. The largest absolute Gasteiger partial charge is 0.454 e. The van der Waals surface area contributed by atoms with Gasteiger partial charge in [0, 0.05) is 15.7 Å². The second-order valence-electron chi connectivity index (χ2n) is 5.19. The van der Waals surface area contributed by atoms with Crippen LogP contribution < -0.4 is 20.2 Å². The van der Waals surface area contributed by atoms with Crippen LogP contribution in [0, 0.1) is 6.92 Å². The molecule has 2 aromatic rings. The van der Waals surface area contributed by atoms with Crippen molar-refractivity contribution in [1.29, 1.82) is 0 Å². The molecule has 1 amide bonds. The minimum absolute atomic E-state index is 0.143. The molecule has 0 fully saturated rings. The first kappa shape index (κ1) is 16.3. The van der Waals surface area contributed by atoms with Crippen molar-refractivity contribution in [2.75, 3.05) is 18.7 Å². The Morgan fingerprint density at radius 1 is 1.29 bits per heavy atom. The predicted octanol–water partition coefficient (Wildman–Crippen LogP) is 3.05. The van der Waals surface area contributed by atoms with Crippen LogP contribution in [0.1, 0.15) is 11.1 Å². The van der Waals surface area contributed by atoms with Gasteiger partial charge in [-0.25, -0.2) is 5.43 Å². The molecule has 0 aliphatic carbocycles. The number of rotatable bonds is 5. The average molecular weight is 390 g/mol. The first-order valence-corrected chi connectivity index (χ1v) is 8.13. The van der Waals surface area contributed by atoms with Gasteiger partial charge in [0.2, 0.25) is 6.79 Å². The molecule has 0 aromatic heterocycles. The minimum atomic E-state index is -0.230. The summed E-state index contributed by atoms with van der Waals surface area (Å²) in [4.78, 5) is 11.8. The number of hydrogen-bond donors (Lipinski definition) is 2. The summed E-state index contributed by atoms with van der Waals surface area (Å²) in [5.74, 6) is 1.11. The van der Waals surface area contributed by atoms with Crippen molar-refractivity contribution in [3.63, 3.8) is 0 Å². The molecule has 1 aliphatic heterocycles. The van der Waals surface area contributed by atoms with E-state index in [9.17, 15) is 4.79 Å². The fourth-order valence-corrected chi connectivity index (χ4v) is 2.62. The lowest BCUT2D eigenvalue weighted by Crippen LogP contribution is -2.26. The number of nitrogens with one attached hydrogen (secondary N) is 2. The maximum absolute atomic E-state index is 11.8. The minimum Gasteiger partial charge on any atom is -0.454 e. The average Bonchev–Trinajstić information content (AvgIpc) is 3.01. The molecule has 1 heterocycles. The summed E-state index contributed by atoms with van der Waals surface area (Å²) in [6.45, 7) is 2.34. The highest BCUT2D eigenvalue weighted by Crippen LogP contribution is 2.36. The number of anilines is 1. The molecule has 1 aliphatic rings. The van der Waals surface area contributed by atoms with Crippen LogP contribution in [-0.4, -0.2) is 25.5 Å². The van der Waals surface area contributed by atoms with Crippen LogP contribution in [-0.2, 0) is 4.79 Å². The number of hydrazone groups is 1. The number of amides is 1. The third-order valence-electron chi connectivity index (χ3n) is 3.47. The van der Waals surface area contributed by atoms with E-state index in [0.29, 0.717) is 11.5 Å². The zero-order valence-corrected chi connectivity index (χ0v) is 14.6. The lowest BCUT2D eigenvalue weighted by atomic mass is 10.2. The lowest BCUT2D eigenvalue weighted by molar-refractivity contribution is -0.119. The zero-order chi connectivity index (χ0) is 16.9. The predicted molar refractivity (Wildman–Crippen MR) is 95.7 cm³/mol. The monoisotopic (exact) mass is 389 g/mol. The number of fused-ring (bicyclic) bond motifs is 1. The summed E-state index contributed by atoms with van der Waals surface area (Å²) in [5.41, 5.74) is 5.28. The molecule has 0 bridgehead atoms. The zero-order valence-electron chi connectivity index (χ0n) is 13.0. The molecular weight excluding hydrogens is 374 g/mol. The number of carbonyl (C=O) groups is 1. The van der Waals surface area contributed by atoms with Crippen molar-refractivity contribution >= 4 is 33.7 Å². The Hall–Kier alpha value is -2.54. The molecule has 0 saturated heterocycles. The van der Waals surface area contributed by atoms with E-state index in [0.717, 1.165) is 21.3 Å². The number of benzene rings is 2. The molecule has 24 heavy (non-hydrogen) atoms. The van der Waals surface area contributed by atoms with Crippen LogP contribution in [0.25, 0.3) is 0 Å². The standard InChI is InChI=1S/C17H16BrN3O3/c1-11-4-2-3-5-14(11)19-9-17(22)21-20-8-12-6-15-16(7-13(12)18)24-10-23-15/h2-8,19H,9-10H2,1H3,(H,21,22)/b20-8-. The molecular formula is C17H16BrN3O3. The topological polar surface area (TPSA) is 72.0 Å². The molecule has 2 N–H and O–H groups in total. The molecule has 0 radical (unpaired) electrons. The Morgan fingerprint density at radius 2 is 2.04 bits per heavy atom. The fraction of sp³-hybridized carbons (Fsp3) is 0.176. The summed E-state index contributed by atoms with van der Waals surface area (Å²) in [7, 11) is 0. The van der Waals surface area contributed by atoms with Crippen LogP contribution in [0.4, 0.5) is 5.69 Å². The molecule has 124 valence electrons. The Balaban J connectivity index is 1.55. The summed E-state index contributed by atoms with van der Waals surface area (Å²) in [5, 5.41) is 7.05. The van der Waals surface area contributed by atoms with Crippen molar-refractivity contribution in [2.45, 2.75) is 6.92 Å². The van der Waals surface area contributed by atoms with Gasteiger partial charge in [0.05, 0.1) is 12.8 Å². The van der Waals surface area contributed by atoms with E-state index in [1.807, 2.05) is 37.3 Å². The van der Waals surface area contributed by atoms with E-state index in [1.165, 1.54) is 0 Å². The Labute approximate surface area is 148 Å². The summed E-state index contributed by atoms with van der Waals surface area (Å²) >= 11 is 3.43. The molecule has 0 spiro atoms. The Morgan fingerprint density at radius 3 is 2.83 bits per heavy atom. The highest BCUT2D eigenvalue weighted by molar-refractivity contribution is 9.10. The van der Waals surface area contributed by atoms with Crippen LogP contribution in [0.5, 0.6) is 11.5 Å². The Kier molecular flexibility index (Phi) is 5.00. The number of carbonyl (C=O) groups excluding carboxylic acids is 1. The smallest absolute Gasteiger partial charge is 0.259 e. The Bertz CT molecular complexity index is 793. The number of nitrogens with zero attached hydrogens (tertiary/aromatic N) is 1. The third-order valence-corrected chi connectivity index (χ3v) is 4.16. The van der Waals surface area contributed by atoms with Crippen molar-refractivity contribution in [3.05, 3.63) is 52.0 Å². The maximum Gasteiger partial charge on any atom is 0.259 e. The van der Waals surface area contributed by atoms with Gasteiger partial charge in [-0.15, -0.1) is 0 Å². The van der Waals surface area contributed by atoms with Gasteiger partial charge in [0.1, 0.15) is 0 Å². The quantitative estimate of drug-likeness (QED) is 0.608. The number of hydrogen-bond acceptors (Lipinski definition) is 5. The van der Waals surface area contributed by atoms with Crippen LogP contribution in [0.3, 0.4) is 0 Å². The van der Waals surface area contributed by atoms with E-state index < -0.39 is 0 Å². The van der Waals surface area contributed by atoms with E-state index in [2.05, 4.69) is 31.8 Å². The summed E-state index contributed by atoms with van der Waals surface area (Å²) in [6, 6.07) is 11.4. The van der Waals surface area contributed by atoms with Gasteiger partial charge in [-0.1, -0.05) is 18.2 Å². The van der Waals surface area contributed by atoms with E-state index in [4.69, 9.17) is 9.47 Å². The highest BCUT2D eigenvalue weighted by atomic mass is 79.9. The van der Waals surface area contributed by atoms with Gasteiger partial charge in [-0.3, -0.25) is 4.79 Å². The van der Waals surface area contributed by atoms with Gasteiger partial charge in [0.15, 0.2) is 11.5 Å². The molecule has 0 atom stereocenters.